The van der Waals surface area contributed by atoms with E-state index in [1.165, 1.54) is 30.3 Å². The molecule has 3 amide bonds. The van der Waals surface area contributed by atoms with Gasteiger partial charge in [0.15, 0.2) is 0 Å². The maximum Gasteiger partial charge on any atom is 0.328 e. The molecule has 7 N–H and O–H groups in total. The summed E-state index contributed by atoms with van der Waals surface area (Å²) in [6.07, 6.45) is -0.445. The lowest BCUT2D eigenvalue weighted by molar-refractivity contribution is -0.139. The Hall–Kier alpha value is -3.67. The molecule has 1 heterocycles. The van der Waals surface area contributed by atoms with Crippen molar-refractivity contribution in [2.24, 2.45) is 0 Å². The summed E-state index contributed by atoms with van der Waals surface area (Å²) in [7, 11) is 0. The maximum absolute atomic E-state index is 12.6. The standard InChI is InChI=1S/C23H25ClN4O7/c24-17-7-13(20(31)26-9-12-2-1-3-14(29)6-12)4-5-16(17)21(32)28-19(23(34)35)11-27-22(33)18-8-15(30)10-25-18/h1-7,15,18-19,25,29-30H,8-11H2,(H,26,31)(H,27,33)(H,28,32)(H,34,35)/t15-,18-,19+/m1/s1. The van der Waals surface area contributed by atoms with Gasteiger partial charge in [0, 0.05) is 25.2 Å². The van der Waals surface area contributed by atoms with Crippen molar-refractivity contribution in [3.63, 3.8) is 0 Å². The number of carboxylic acids is 1. The van der Waals surface area contributed by atoms with Crippen LogP contribution < -0.4 is 21.3 Å². The van der Waals surface area contributed by atoms with E-state index in [1.807, 2.05) is 0 Å². The summed E-state index contributed by atoms with van der Waals surface area (Å²) in [6, 6.07) is 8.27. The van der Waals surface area contributed by atoms with Gasteiger partial charge in [0.05, 0.1) is 22.7 Å². The van der Waals surface area contributed by atoms with Crippen molar-refractivity contribution in [2.75, 3.05) is 13.1 Å². The Bertz CT molecular complexity index is 1130. The number of nitrogens with one attached hydrogen (secondary N) is 4. The molecule has 1 saturated heterocycles. The number of aliphatic hydroxyl groups is 1. The van der Waals surface area contributed by atoms with Crippen molar-refractivity contribution in [3.05, 3.63) is 64.2 Å². The fourth-order valence-corrected chi connectivity index (χ4v) is 3.74. The number of carbonyl (C=O) groups excluding carboxylic acids is 3. The number of aromatic hydroxyl groups is 1. The number of hydrogen-bond donors (Lipinski definition) is 7. The Kier molecular flexibility index (Phi) is 8.63. The molecular formula is C23H25ClN4O7. The molecule has 0 spiro atoms. The minimum absolute atomic E-state index is 0.0469. The van der Waals surface area contributed by atoms with Crippen LogP contribution in [0, 0.1) is 0 Å². The molecule has 1 fully saturated rings. The number of aliphatic hydroxyl groups excluding tert-OH is 1. The number of aliphatic carboxylic acids is 1. The van der Waals surface area contributed by atoms with Crippen LogP contribution in [-0.4, -0.2) is 70.3 Å². The lowest BCUT2D eigenvalue weighted by Gasteiger charge is -2.17. The van der Waals surface area contributed by atoms with Gasteiger partial charge in [-0.2, -0.15) is 0 Å². The average molecular weight is 505 g/mol. The smallest absolute Gasteiger partial charge is 0.328 e. The molecule has 0 saturated carbocycles. The van der Waals surface area contributed by atoms with Gasteiger partial charge < -0.3 is 36.6 Å². The molecule has 0 aromatic heterocycles. The summed E-state index contributed by atoms with van der Waals surface area (Å²) >= 11 is 6.17. The highest BCUT2D eigenvalue weighted by Crippen LogP contribution is 2.19. The Morgan fingerprint density at radius 3 is 2.49 bits per heavy atom. The second-order valence-electron chi connectivity index (χ2n) is 8.01. The van der Waals surface area contributed by atoms with Crippen molar-refractivity contribution in [2.45, 2.75) is 31.2 Å². The second kappa shape index (κ2) is 11.6. The summed E-state index contributed by atoms with van der Waals surface area (Å²) in [5, 5.41) is 38.6. The van der Waals surface area contributed by atoms with Gasteiger partial charge in [0.25, 0.3) is 11.8 Å². The Labute approximate surface area is 205 Å². The lowest BCUT2D eigenvalue weighted by Crippen LogP contribution is -2.51. The number of β-amino-alcohol motifs (C(OH)–C–C–N with tert-alkyl or cyclic N) is 1. The van der Waals surface area contributed by atoms with Gasteiger partial charge in [0.2, 0.25) is 5.91 Å². The maximum atomic E-state index is 12.6. The topological polar surface area (TPSA) is 177 Å². The van der Waals surface area contributed by atoms with Crippen molar-refractivity contribution in [1.29, 1.82) is 0 Å². The fourth-order valence-electron chi connectivity index (χ4n) is 3.47. The third kappa shape index (κ3) is 7.15. The minimum Gasteiger partial charge on any atom is -0.508 e. The summed E-state index contributed by atoms with van der Waals surface area (Å²) in [6.45, 7) is 0.0509. The molecule has 0 aliphatic carbocycles. The molecule has 3 rings (SSSR count). The molecule has 0 bridgehead atoms. The highest BCUT2D eigenvalue weighted by molar-refractivity contribution is 6.34. The van der Waals surface area contributed by atoms with E-state index in [0.717, 1.165) is 0 Å². The van der Waals surface area contributed by atoms with Crippen molar-refractivity contribution in [1.82, 2.24) is 21.3 Å². The van der Waals surface area contributed by atoms with Gasteiger partial charge in [-0.1, -0.05) is 23.7 Å². The number of carbonyl (C=O) groups is 4. The first-order valence-corrected chi connectivity index (χ1v) is 11.1. The van der Waals surface area contributed by atoms with E-state index in [0.29, 0.717) is 5.56 Å². The Morgan fingerprint density at radius 1 is 1.09 bits per heavy atom. The van der Waals surface area contributed by atoms with E-state index in [4.69, 9.17) is 11.6 Å². The normalized spacial score (nSPS) is 17.9. The first kappa shape index (κ1) is 25.9. The van der Waals surface area contributed by atoms with Gasteiger partial charge in [-0.3, -0.25) is 14.4 Å². The first-order chi connectivity index (χ1) is 16.6. The number of phenolic OH excluding ortho intramolecular Hbond substituents is 1. The molecule has 0 unspecified atom stereocenters. The van der Waals surface area contributed by atoms with Crippen LogP contribution in [-0.2, 0) is 16.1 Å². The molecule has 11 nitrogen and oxygen atoms in total. The largest absolute Gasteiger partial charge is 0.508 e. The summed E-state index contributed by atoms with van der Waals surface area (Å²) in [5.74, 6) is -3.03. The predicted octanol–water partition coefficient (Wildman–Crippen LogP) is -0.00240. The SMILES string of the molecule is O=C(NCc1cccc(O)c1)c1ccc(C(=O)N[C@@H](CNC(=O)[C@H]2C[C@@H](O)CN2)C(=O)O)c(Cl)c1. The minimum atomic E-state index is -1.43. The van der Waals surface area contributed by atoms with E-state index >= 15 is 0 Å². The highest BCUT2D eigenvalue weighted by atomic mass is 35.5. The molecule has 1 aliphatic rings. The van der Waals surface area contributed by atoms with Gasteiger partial charge in [-0.15, -0.1) is 0 Å². The third-order valence-corrected chi connectivity index (χ3v) is 5.66. The monoisotopic (exact) mass is 504 g/mol. The molecule has 0 radical (unpaired) electrons. The molecular weight excluding hydrogens is 480 g/mol. The zero-order valence-corrected chi connectivity index (χ0v) is 19.2. The summed E-state index contributed by atoms with van der Waals surface area (Å²) in [4.78, 5) is 48.7. The number of carboxylic acid groups (broad SMARTS) is 1. The van der Waals surface area contributed by atoms with Crippen LogP contribution in [0.3, 0.4) is 0 Å². The van der Waals surface area contributed by atoms with Crippen molar-refractivity contribution < 1.29 is 34.5 Å². The van der Waals surface area contributed by atoms with Crippen molar-refractivity contribution >= 4 is 35.3 Å². The third-order valence-electron chi connectivity index (χ3n) is 5.35. The van der Waals surface area contributed by atoms with Crippen LogP contribution in [0.4, 0.5) is 0 Å². The number of rotatable bonds is 9. The lowest BCUT2D eigenvalue weighted by atomic mass is 10.1. The zero-order valence-electron chi connectivity index (χ0n) is 18.5. The molecule has 2 aromatic rings. The molecule has 186 valence electrons. The Morgan fingerprint density at radius 2 is 1.86 bits per heavy atom. The van der Waals surface area contributed by atoms with Crippen LogP contribution in [0.25, 0.3) is 0 Å². The van der Waals surface area contributed by atoms with E-state index in [1.54, 1.807) is 12.1 Å². The average Bonchev–Trinajstić information content (AvgIpc) is 3.26. The van der Waals surface area contributed by atoms with Crippen LogP contribution in [0.5, 0.6) is 5.75 Å². The second-order valence-corrected chi connectivity index (χ2v) is 8.41. The summed E-state index contributed by atoms with van der Waals surface area (Å²) in [5.41, 5.74) is 0.821. The molecule has 2 aromatic carbocycles. The summed E-state index contributed by atoms with van der Waals surface area (Å²) < 4.78 is 0. The Balaban J connectivity index is 1.57. The molecule has 35 heavy (non-hydrogen) atoms. The first-order valence-electron chi connectivity index (χ1n) is 10.7. The van der Waals surface area contributed by atoms with Crippen LogP contribution in [0.2, 0.25) is 5.02 Å². The van der Waals surface area contributed by atoms with Crippen LogP contribution in [0.1, 0.15) is 32.7 Å². The number of benzene rings is 2. The quantitative estimate of drug-likeness (QED) is 0.249. The van der Waals surface area contributed by atoms with Crippen molar-refractivity contribution in [3.8, 4) is 5.75 Å². The predicted molar refractivity (Wildman–Crippen MR) is 125 cm³/mol. The van der Waals surface area contributed by atoms with Crippen LogP contribution >= 0.6 is 11.6 Å². The number of halogens is 1. The number of amides is 3. The number of hydrogen-bond acceptors (Lipinski definition) is 7. The van der Waals surface area contributed by atoms with Gasteiger partial charge >= 0.3 is 5.97 Å². The van der Waals surface area contributed by atoms with E-state index in [9.17, 15) is 34.5 Å². The molecule has 12 heteroatoms. The zero-order chi connectivity index (χ0) is 25.5. The van der Waals surface area contributed by atoms with Gasteiger partial charge in [-0.05, 0) is 42.3 Å². The van der Waals surface area contributed by atoms with Crippen LogP contribution in [0.15, 0.2) is 42.5 Å². The van der Waals surface area contributed by atoms with E-state index in [-0.39, 0.29) is 48.0 Å². The van der Waals surface area contributed by atoms with E-state index < -0.39 is 41.9 Å². The van der Waals surface area contributed by atoms with E-state index in [2.05, 4.69) is 21.3 Å². The van der Waals surface area contributed by atoms with Gasteiger partial charge in [-0.25, -0.2) is 4.79 Å². The molecule has 3 atom stereocenters. The number of phenols is 1. The fraction of sp³-hybridized carbons (Fsp3) is 0.304. The molecule has 1 aliphatic heterocycles. The van der Waals surface area contributed by atoms with Gasteiger partial charge in [0.1, 0.15) is 11.8 Å². The highest BCUT2D eigenvalue weighted by Gasteiger charge is 2.29.